The van der Waals surface area contributed by atoms with Crippen LogP contribution in [0.15, 0.2) is 18.2 Å². The van der Waals surface area contributed by atoms with Crippen molar-refractivity contribution >= 4 is 29.0 Å². The van der Waals surface area contributed by atoms with Crippen LogP contribution in [0.2, 0.25) is 0 Å². The highest BCUT2D eigenvalue weighted by molar-refractivity contribution is 7.98. The van der Waals surface area contributed by atoms with Crippen molar-refractivity contribution in [3.63, 3.8) is 0 Å². The molecule has 0 heterocycles. The minimum Gasteiger partial charge on any atom is -0.387 e. The van der Waals surface area contributed by atoms with Gasteiger partial charge in [0, 0.05) is 43.7 Å². The number of amides is 1. The number of non-ortho nitro benzene ring substituents is 1. The second-order valence-electron chi connectivity index (χ2n) is 4.67. The first-order chi connectivity index (χ1) is 9.96. The van der Waals surface area contributed by atoms with Gasteiger partial charge in [0.2, 0.25) is 0 Å². The predicted molar refractivity (Wildman–Crippen MR) is 87.2 cm³/mol. The Morgan fingerprint density at radius 3 is 2.67 bits per heavy atom. The molecule has 0 saturated carbocycles. The van der Waals surface area contributed by atoms with E-state index in [0.717, 1.165) is 12.2 Å². The van der Waals surface area contributed by atoms with Crippen molar-refractivity contribution in [2.24, 2.45) is 0 Å². The van der Waals surface area contributed by atoms with E-state index in [1.165, 1.54) is 12.1 Å². The number of carbonyl (C=O) groups excluding carboxylic acids is 1. The van der Waals surface area contributed by atoms with Crippen molar-refractivity contribution in [2.45, 2.75) is 19.4 Å². The summed E-state index contributed by atoms with van der Waals surface area (Å²) < 4.78 is 0. The number of hydrogen-bond donors (Lipinski definition) is 1. The third kappa shape index (κ3) is 4.10. The highest BCUT2D eigenvalue weighted by Gasteiger charge is 2.23. The van der Waals surface area contributed by atoms with Gasteiger partial charge in [-0.05, 0) is 18.7 Å². The molecule has 0 radical (unpaired) electrons. The number of nitrogens with one attached hydrogen (secondary N) is 1. The lowest BCUT2D eigenvalue weighted by atomic mass is 10.1. The molecule has 6 nitrogen and oxygen atoms in total. The van der Waals surface area contributed by atoms with Crippen LogP contribution in [0.3, 0.4) is 0 Å². The number of nitrogens with zero attached hydrogens (tertiary/aromatic N) is 2. The molecule has 1 unspecified atom stereocenters. The fraction of sp³-hybridized carbons (Fsp3) is 0.500. The molecular formula is C14H21N3O3S. The maximum absolute atomic E-state index is 12.6. The molecule has 1 N–H and O–H groups in total. The van der Waals surface area contributed by atoms with E-state index in [0.29, 0.717) is 11.3 Å². The molecule has 0 aromatic heterocycles. The molecule has 1 aromatic carbocycles. The van der Waals surface area contributed by atoms with Crippen LogP contribution in [0, 0.1) is 10.1 Å². The smallest absolute Gasteiger partial charge is 0.270 e. The van der Waals surface area contributed by atoms with Crippen molar-refractivity contribution in [3.8, 4) is 0 Å². The maximum atomic E-state index is 12.6. The summed E-state index contributed by atoms with van der Waals surface area (Å²) in [5.74, 6) is 0.631. The quantitative estimate of drug-likeness (QED) is 0.619. The van der Waals surface area contributed by atoms with Gasteiger partial charge >= 0.3 is 0 Å². The molecule has 0 aliphatic rings. The number of anilines is 1. The molecule has 21 heavy (non-hydrogen) atoms. The summed E-state index contributed by atoms with van der Waals surface area (Å²) in [5, 5.41) is 13.8. The molecule has 0 aliphatic carbocycles. The highest BCUT2D eigenvalue weighted by atomic mass is 32.2. The second-order valence-corrected chi connectivity index (χ2v) is 5.58. The van der Waals surface area contributed by atoms with Crippen molar-refractivity contribution in [1.29, 1.82) is 0 Å². The van der Waals surface area contributed by atoms with Crippen molar-refractivity contribution in [3.05, 3.63) is 33.9 Å². The largest absolute Gasteiger partial charge is 0.387 e. The van der Waals surface area contributed by atoms with E-state index in [4.69, 9.17) is 0 Å². The van der Waals surface area contributed by atoms with E-state index in [9.17, 15) is 14.9 Å². The van der Waals surface area contributed by atoms with E-state index < -0.39 is 4.92 Å². The fourth-order valence-corrected chi connectivity index (χ4v) is 2.94. The Balaban J connectivity index is 3.14. The average Bonchev–Trinajstić information content (AvgIpc) is 2.50. The number of rotatable bonds is 7. The number of thioether (sulfide) groups is 1. The number of nitro benzene ring substituents is 1. The Labute approximate surface area is 129 Å². The van der Waals surface area contributed by atoms with Gasteiger partial charge in [-0.2, -0.15) is 11.8 Å². The van der Waals surface area contributed by atoms with E-state index >= 15 is 0 Å². The topological polar surface area (TPSA) is 75.5 Å². The lowest BCUT2D eigenvalue weighted by Crippen LogP contribution is -2.38. The van der Waals surface area contributed by atoms with Crippen LogP contribution in [0.1, 0.15) is 23.7 Å². The number of hydrogen-bond acceptors (Lipinski definition) is 5. The molecule has 0 fully saturated rings. The standard InChI is InChI=1S/C14H21N3O3S/c1-5-10(9-21-4)16(3)14(18)12-8-11(17(19)20)6-7-13(12)15-2/h6-8,10,15H,5,9H2,1-4H3. The number of carbonyl (C=O) groups is 1. The number of nitro groups is 1. The Hall–Kier alpha value is -1.76. The van der Waals surface area contributed by atoms with Crippen LogP contribution in [-0.4, -0.2) is 47.9 Å². The molecule has 7 heteroatoms. The molecule has 0 spiro atoms. The molecule has 1 atom stereocenters. The summed E-state index contributed by atoms with van der Waals surface area (Å²) >= 11 is 1.68. The third-order valence-corrected chi connectivity index (χ3v) is 4.13. The normalized spacial score (nSPS) is 11.8. The van der Waals surface area contributed by atoms with Gasteiger partial charge in [-0.1, -0.05) is 6.92 Å². The van der Waals surface area contributed by atoms with Crippen molar-refractivity contribution < 1.29 is 9.72 Å². The van der Waals surface area contributed by atoms with E-state index in [1.807, 2.05) is 13.2 Å². The van der Waals surface area contributed by atoms with Crippen LogP contribution in [0.4, 0.5) is 11.4 Å². The monoisotopic (exact) mass is 311 g/mol. The van der Waals surface area contributed by atoms with Gasteiger partial charge in [-0.15, -0.1) is 0 Å². The first kappa shape index (κ1) is 17.3. The lowest BCUT2D eigenvalue weighted by Gasteiger charge is -2.27. The Bertz CT molecular complexity index is 522. The van der Waals surface area contributed by atoms with Crippen LogP contribution in [-0.2, 0) is 0 Å². The van der Waals surface area contributed by atoms with Gasteiger partial charge in [0.25, 0.3) is 11.6 Å². The summed E-state index contributed by atoms with van der Waals surface area (Å²) in [4.78, 5) is 24.7. The maximum Gasteiger partial charge on any atom is 0.270 e. The summed E-state index contributed by atoms with van der Waals surface area (Å²) in [6, 6.07) is 4.39. The molecule has 0 aliphatic heterocycles. The molecule has 1 aromatic rings. The minimum absolute atomic E-state index is 0.0799. The Kier molecular flexibility index (Phi) is 6.48. The fourth-order valence-electron chi connectivity index (χ4n) is 2.09. The predicted octanol–water partition coefficient (Wildman–Crippen LogP) is 2.85. The van der Waals surface area contributed by atoms with Crippen molar-refractivity contribution in [1.82, 2.24) is 4.90 Å². The first-order valence-electron chi connectivity index (χ1n) is 6.68. The van der Waals surface area contributed by atoms with Gasteiger partial charge in [-0.25, -0.2) is 0 Å². The zero-order valence-electron chi connectivity index (χ0n) is 12.8. The molecule has 1 rings (SSSR count). The van der Waals surface area contributed by atoms with Gasteiger partial charge in [-0.3, -0.25) is 14.9 Å². The van der Waals surface area contributed by atoms with Crippen LogP contribution >= 0.6 is 11.8 Å². The summed E-state index contributed by atoms with van der Waals surface area (Å²) in [6.45, 7) is 2.02. The molecule has 0 bridgehead atoms. The second kappa shape index (κ2) is 7.87. The summed E-state index contributed by atoms with van der Waals surface area (Å²) in [5.41, 5.74) is 0.842. The van der Waals surface area contributed by atoms with Gasteiger partial charge in [0.15, 0.2) is 0 Å². The van der Waals surface area contributed by atoms with Crippen LogP contribution in [0.5, 0.6) is 0 Å². The number of benzene rings is 1. The molecule has 116 valence electrons. The first-order valence-corrected chi connectivity index (χ1v) is 8.07. The Morgan fingerprint density at radius 2 is 2.19 bits per heavy atom. The average molecular weight is 311 g/mol. The molecular weight excluding hydrogens is 290 g/mol. The van der Waals surface area contributed by atoms with Crippen LogP contribution < -0.4 is 5.32 Å². The lowest BCUT2D eigenvalue weighted by molar-refractivity contribution is -0.384. The Morgan fingerprint density at radius 1 is 1.52 bits per heavy atom. The summed E-state index contributed by atoms with van der Waals surface area (Å²) in [7, 11) is 3.43. The minimum atomic E-state index is -0.491. The third-order valence-electron chi connectivity index (χ3n) is 3.41. The van der Waals surface area contributed by atoms with Gasteiger partial charge in [0.05, 0.1) is 10.5 Å². The van der Waals surface area contributed by atoms with Gasteiger partial charge in [0.1, 0.15) is 0 Å². The van der Waals surface area contributed by atoms with Crippen molar-refractivity contribution in [2.75, 3.05) is 31.4 Å². The highest BCUT2D eigenvalue weighted by Crippen LogP contribution is 2.24. The summed E-state index contributed by atoms with van der Waals surface area (Å²) in [6.07, 6.45) is 2.83. The van der Waals surface area contributed by atoms with E-state index in [2.05, 4.69) is 5.32 Å². The SMILES string of the molecule is CCC(CSC)N(C)C(=O)c1cc([N+](=O)[O-])ccc1NC. The van der Waals surface area contributed by atoms with Crippen LogP contribution in [0.25, 0.3) is 0 Å². The van der Waals surface area contributed by atoms with E-state index in [-0.39, 0.29) is 17.6 Å². The van der Waals surface area contributed by atoms with Gasteiger partial charge < -0.3 is 10.2 Å². The molecule has 0 saturated heterocycles. The molecule has 1 amide bonds. The zero-order chi connectivity index (χ0) is 16.0. The van der Waals surface area contributed by atoms with E-state index in [1.54, 1.807) is 36.8 Å². The zero-order valence-corrected chi connectivity index (χ0v) is 13.6.